The Bertz CT molecular complexity index is 1040. The Morgan fingerprint density at radius 1 is 1.06 bits per heavy atom. The zero-order chi connectivity index (χ0) is 23.3. The normalized spacial score (nSPS) is 16.6. The molecule has 0 aromatic heterocycles. The molecule has 2 aromatic carbocycles. The minimum Gasteiger partial charge on any atom is -0.490 e. The van der Waals surface area contributed by atoms with Gasteiger partial charge >= 0.3 is 6.03 Å². The highest BCUT2D eigenvalue weighted by Crippen LogP contribution is 2.30. The number of carbonyl (C=O) groups is 3. The van der Waals surface area contributed by atoms with Crippen LogP contribution in [0.5, 0.6) is 5.75 Å². The second kappa shape index (κ2) is 10.6. The molecule has 1 fully saturated rings. The third-order valence-electron chi connectivity index (χ3n) is 5.03. The van der Waals surface area contributed by atoms with Crippen LogP contribution in [-0.2, 0) is 14.3 Å². The SMILES string of the molecule is CC[C@H](C)Oc1ccc(/C=C2/C(=O)N(CCOC)C(=O)N(c3ccccc3)C2=O)cc1Br. The number of nitrogens with zero attached hydrogens (tertiary/aromatic N) is 2. The van der Waals surface area contributed by atoms with Crippen molar-refractivity contribution in [3.8, 4) is 5.75 Å². The largest absolute Gasteiger partial charge is 0.490 e. The molecule has 0 bridgehead atoms. The van der Waals surface area contributed by atoms with E-state index in [1.807, 2.05) is 13.8 Å². The first-order valence-electron chi connectivity index (χ1n) is 10.3. The Hall–Kier alpha value is -2.97. The van der Waals surface area contributed by atoms with Crippen molar-refractivity contribution >= 4 is 45.5 Å². The van der Waals surface area contributed by atoms with E-state index in [1.165, 1.54) is 13.2 Å². The van der Waals surface area contributed by atoms with Gasteiger partial charge in [-0.05, 0) is 65.2 Å². The van der Waals surface area contributed by atoms with Crippen LogP contribution in [0.25, 0.3) is 6.08 Å². The molecule has 1 aliphatic heterocycles. The number of imide groups is 2. The Labute approximate surface area is 195 Å². The van der Waals surface area contributed by atoms with Crippen molar-refractivity contribution < 1.29 is 23.9 Å². The Balaban J connectivity index is 2.00. The standard InChI is InChI=1S/C24H25BrN2O5/c1-4-16(2)32-21-11-10-17(15-20(21)25)14-19-22(28)26(12-13-31-3)24(30)27(23(19)29)18-8-6-5-7-9-18/h5-11,14-16H,4,12-13H2,1-3H3/b19-14-/t16-/m0/s1. The molecule has 2 aromatic rings. The molecule has 1 atom stereocenters. The smallest absolute Gasteiger partial charge is 0.338 e. The fourth-order valence-corrected chi connectivity index (χ4v) is 3.62. The number of hydrogen-bond acceptors (Lipinski definition) is 5. The zero-order valence-electron chi connectivity index (χ0n) is 18.2. The first kappa shape index (κ1) is 23.7. The Kier molecular flexibility index (Phi) is 7.82. The van der Waals surface area contributed by atoms with Gasteiger partial charge in [-0.15, -0.1) is 0 Å². The van der Waals surface area contributed by atoms with Crippen LogP contribution in [0.3, 0.4) is 0 Å². The van der Waals surface area contributed by atoms with E-state index in [9.17, 15) is 14.4 Å². The predicted octanol–water partition coefficient (Wildman–Crippen LogP) is 4.65. The number of hydrogen-bond donors (Lipinski definition) is 0. The lowest BCUT2D eigenvalue weighted by atomic mass is 10.1. The van der Waals surface area contributed by atoms with Crippen molar-refractivity contribution in [2.45, 2.75) is 26.4 Å². The molecule has 1 saturated heterocycles. The zero-order valence-corrected chi connectivity index (χ0v) is 19.8. The summed E-state index contributed by atoms with van der Waals surface area (Å²) < 4.78 is 11.6. The van der Waals surface area contributed by atoms with Gasteiger partial charge in [-0.25, -0.2) is 9.69 Å². The van der Waals surface area contributed by atoms with Gasteiger partial charge in [-0.1, -0.05) is 31.2 Å². The van der Waals surface area contributed by atoms with E-state index in [1.54, 1.807) is 48.5 Å². The number of urea groups is 1. The van der Waals surface area contributed by atoms with Crippen LogP contribution < -0.4 is 9.64 Å². The van der Waals surface area contributed by atoms with Crippen molar-refractivity contribution in [3.63, 3.8) is 0 Å². The van der Waals surface area contributed by atoms with Gasteiger partial charge in [-0.3, -0.25) is 14.5 Å². The number of barbiturate groups is 1. The van der Waals surface area contributed by atoms with E-state index in [4.69, 9.17) is 9.47 Å². The first-order chi connectivity index (χ1) is 15.4. The van der Waals surface area contributed by atoms with E-state index in [0.29, 0.717) is 21.5 Å². The second-order valence-electron chi connectivity index (χ2n) is 7.29. The van der Waals surface area contributed by atoms with Gasteiger partial charge in [0.1, 0.15) is 11.3 Å². The number of carbonyl (C=O) groups excluding carboxylic acids is 3. The maximum absolute atomic E-state index is 13.2. The fraction of sp³-hybridized carbons (Fsp3) is 0.292. The van der Waals surface area contributed by atoms with Gasteiger partial charge in [0.05, 0.1) is 29.4 Å². The summed E-state index contributed by atoms with van der Waals surface area (Å²) in [5.74, 6) is -0.651. The maximum Gasteiger partial charge on any atom is 0.338 e. The molecule has 168 valence electrons. The number of rotatable bonds is 8. The minimum atomic E-state index is -0.695. The number of para-hydroxylation sites is 1. The van der Waals surface area contributed by atoms with Gasteiger partial charge < -0.3 is 9.47 Å². The van der Waals surface area contributed by atoms with E-state index in [-0.39, 0.29) is 24.8 Å². The number of ether oxygens (including phenoxy) is 2. The molecule has 0 saturated carbocycles. The fourth-order valence-electron chi connectivity index (χ4n) is 3.13. The average molecular weight is 501 g/mol. The highest BCUT2D eigenvalue weighted by Gasteiger charge is 2.42. The summed E-state index contributed by atoms with van der Waals surface area (Å²) in [4.78, 5) is 41.3. The molecule has 0 N–H and O–H groups in total. The van der Waals surface area contributed by atoms with Crippen molar-refractivity contribution in [1.29, 1.82) is 0 Å². The highest BCUT2D eigenvalue weighted by molar-refractivity contribution is 9.10. The van der Waals surface area contributed by atoms with Gasteiger partial charge in [0.2, 0.25) is 0 Å². The number of methoxy groups -OCH3 is 1. The van der Waals surface area contributed by atoms with Crippen molar-refractivity contribution in [1.82, 2.24) is 4.90 Å². The predicted molar refractivity (Wildman–Crippen MR) is 125 cm³/mol. The number of amides is 4. The lowest BCUT2D eigenvalue weighted by Gasteiger charge is -2.33. The van der Waals surface area contributed by atoms with Crippen LogP contribution in [0.1, 0.15) is 25.8 Å². The summed E-state index contributed by atoms with van der Waals surface area (Å²) in [7, 11) is 1.48. The molecule has 0 spiro atoms. The van der Waals surface area contributed by atoms with E-state index >= 15 is 0 Å². The van der Waals surface area contributed by atoms with Gasteiger partial charge in [0.25, 0.3) is 11.8 Å². The molecular formula is C24H25BrN2O5. The molecule has 3 rings (SSSR count). The van der Waals surface area contributed by atoms with E-state index in [2.05, 4.69) is 15.9 Å². The monoisotopic (exact) mass is 500 g/mol. The summed E-state index contributed by atoms with van der Waals surface area (Å²) in [6.07, 6.45) is 2.41. The molecule has 0 aliphatic carbocycles. The van der Waals surface area contributed by atoms with Gasteiger partial charge in [-0.2, -0.15) is 0 Å². The lowest BCUT2D eigenvalue weighted by Crippen LogP contribution is -2.57. The summed E-state index contributed by atoms with van der Waals surface area (Å²) in [6, 6.07) is 13.2. The highest BCUT2D eigenvalue weighted by atomic mass is 79.9. The summed E-state index contributed by atoms with van der Waals surface area (Å²) in [5, 5.41) is 0. The summed E-state index contributed by atoms with van der Waals surface area (Å²) >= 11 is 3.49. The third kappa shape index (κ3) is 5.08. The van der Waals surface area contributed by atoms with Crippen LogP contribution in [-0.4, -0.2) is 49.1 Å². The van der Waals surface area contributed by atoms with E-state index in [0.717, 1.165) is 16.2 Å². The molecule has 8 heteroatoms. The van der Waals surface area contributed by atoms with Crippen molar-refractivity contribution in [2.24, 2.45) is 0 Å². The number of halogens is 1. The quantitative estimate of drug-likeness (QED) is 0.389. The average Bonchev–Trinajstić information content (AvgIpc) is 2.79. The molecule has 7 nitrogen and oxygen atoms in total. The van der Waals surface area contributed by atoms with Crippen LogP contribution in [0, 0.1) is 0 Å². The summed E-state index contributed by atoms with van der Waals surface area (Å²) in [6.45, 7) is 4.21. The van der Waals surface area contributed by atoms with Crippen LogP contribution in [0.4, 0.5) is 10.5 Å². The molecule has 32 heavy (non-hydrogen) atoms. The van der Waals surface area contributed by atoms with E-state index < -0.39 is 17.8 Å². The van der Waals surface area contributed by atoms with Crippen molar-refractivity contribution in [3.05, 3.63) is 64.1 Å². The Morgan fingerprint density at radius 2 is 1.78 bits per heavy atom. The topological polar surface area (TPSA) is 76.2 Å². The molecule has 0 radical (unpaired) electrons. The summed E-state index contributed by atoms with van der Waals surface area (Å²) in [5.41, 5.74) is 0.910. The molecular weight excluding hydrogens is 476 g/mol. The molecule has 1 heterocycles. The minimum absolute atomic E-state index is 0.0352. The maximum atomic E-state index is 13.2. The van der Waals surface area contributed by atoms with Crippen molar-refractivity contribution in [2.75, 3.05) is 25.2 Å². The lowest BCUT2D eigenvalue weighted by molar-refractivity contribution is -0.129. The van der Waals surface area contributed by atoms with Gasteiger partial charge in [0.15, 0.2) is 0 Å². The molecule has 1 aliphatic rings. The van der Waals surface area contributed by atoms with Crippen LogP contribution >= 0.6 is 15.9 Å². The van der Waals surface area contributed by atoms with Gasteiger partial charge in [0, 0.05) is 7.11 Å². The number of anilines is 1. The number of benzene rings is 2. The first-order valence-corrected chi connectivity index (χ1v) is 11.1. The third-order valence-corrected chi connectivity index (χ3v) is 5.65. The molecule has 0 unspecified atom stereocenters. The van der Waals surface area contributed by atoms with Crippen LogP contribution in [0.15, 0.2) is 58.6 Å². The molecule has 4 amide bonds. The van der Waals surface area contributed by atoms with Crippen LogP contribution in [0.2, 0.25) is 0 Å². The second-order valence-corrected chi connectivity index (χ2v) is 8.15. The Morgan fingerprint density at radius 3 is 2.41 bits per heavy atom.